The van der Waals surface area contributed by atoms with Crippen molar-refractivity contribution in [3.8, 4) is 0 Å². The van der Waals surface area contributed by atoms with Crippen LogP contribution in [-0.2, 0) is 6.42 Å². The van der Waals surface area contributed by atoms with Gasteiger partial charge in [-0.3, -0.25) is 0 Å². The smallest absolute Gasteiger partial charge is 0.148 e. The molecule has 17 heavy (non-hydrogen) atoms. The molecule has 0 amide bonds. The van der Waals surface area contributed by atoms with Crippen LogP contribution in [0.2, 0.25) is 0 Å². The summed E-state index contributed by atoms with van der Waals surface area (Å²) in [7, 11) is 0. The third-order valence-corrected chi connectivity index (χ3v) is 2.65. The van der Waals surface area contributed by atoms with E-state index in [1.807, 2.05) is 11.8 Å². The van der Waals surface area contributed by atoms with Crippen LogP contribution in [0.4, 0.5) is 11.6 Å². The lowest BCUT2D eigenvalue weighted by Gasteiger charge is -2.29. The van der Waals surface area contributed by atoms with E-state index in [0.717, 1.165) is 17.8 Å². The van der Waals surface area contributed by atoms with Crippen LogP contribution in [0.25, 0.3) is 0 Å². The lowest BCUT2D eigenvalue weighted by Crippen LogP contribution is -2.35. The quantitative estimate of drug-likeness (QED) is 0.496. The Kier molecular flexibility index (Phi) is 5.11. The molecule has 0 aromatic carbocycles. The van der Waals surface area contributed by atoms with Crippen LogP contribution >= 0.6 is 0 Å². The van der Waals surface area contributed by atoms with Crippen molar-refractivity contribution in [3.63, 3.8) is 0 Å². The van der Waals surface area contributed by atoms with E-state index < -0.39 is 0 Å². The van der Waals surface area contributed by atoms with Crippen molar-refractivity contribution < 1.29 is 5.11 Å². The average Bonchev–Trinajstić information content (AvgIpc) is 2.34. The number of nitrogen functional groups attached to an aromatic ring is 1. The third-order valence-electron chi connectivity index (χ3n) is 2.65. The molecular formula is C11H21N5O. The third kappa shape index (κ3) is 3.04. The molecule has 4 N–H and O–H groups in total. The number of anilines is 2. The van der Waals surface area contributed by atoms with E-state index >= 15 is 0 Å². The van der Waals surface area contributed by atoms with E-state index in [1.54, 1.807) is 0 Å². The predicted octanol–water partition coefficient (Wildman–Crippen LogP) is 0.532. The molecule has 0 fully saturated rings. The summed E-state index contributed by atoms with van der Waals surface area (Å²) in [6.07, 6.45) is 2.26. The van der Waals surface area contributed by atoms with Gasteiger partial charge in [0.15, 0.2) is 0 Å². The molecule has 6 nitrogen and oxygen atoms in total. The van der Waals surface area contributed by atoms with Gasteiger partial charge in [0.05, 0.1) is 6.61 Å². The van der Waals surface area contributed by atoms with Gasteiger partial charge in [-0.05, 0) is 20.3 Å². The highest BCUT2D eigenvalue weighted by Gasteiger charge is 2.17. The molecule has 96 valence electrons. The van der Waals surface area contributed by atoms with E-state index in [9.17, 15) is 0 Å². The highest BCUT2D eigenvalue weighted by Crippen LogP contribution is 2.24. The van der Waals surface area contributed by atoms with Crippen LogP contribution in [0.5, 0.6) is 0 Å². The van der Waals surface area contributed by atoms with Gasteiger partial charge in [-0.15, -0.1) is 0 Å². The molecular weight excluding hydrogens is 218 g/mol. The van der Waals surface area contributed by atoms with E-state index in [1.165, 1.54) is 6.33 Å². The molecule has 1 aromatic rings. The normalized spacial score (nSPS) is 10.7. The molecule has 0 aliphatic carbocycles. The number of rotatable bonds is 6. The highest BCUT2D eigenvalue weighted by molar-refractivity contribution is 5.58. The molecule has 1 heterocycles. The lowest BCUT2D eigenvalue weighted by atomic mass is 10.2. The number of aromatic nitrogens is 2. The van der Waals surface area contributed by atoms with Crippen molar-refractivity contribution >= 4 is 11.6 Å². The second-order valence-electron chi connectivity index (χ2n) is 4.03. The van der Waals surface area contributed by atoms with Gasteiger partial charge in [0.25, 0.3) is 0 Å². The summed E-state index contributed by atoms with van der Waals surface area (Å²) in [6, 6.07) is 0.257. The van der Waals surface area contributed by atoms with E-state index in [2.05, 4.69) is 29.2 Å². The maximum Gasteiger partial charge on any atom is 0.148 e. The largest absolute Gasteiger partial charge is 0.395 e. The Morgan fingerprint density at radius 2 is 2.18 bits per heavy atom. The average molecular weight is 239 g/mol. The van der Waals surface area contributed by atoms with Gasteiger partial charge in [-0.1, -0.05) is 6.92 Å². The number of nitrogens with zero attached hydrogens (tertiary/aromatic N) is 3. The van der Waals surface area contributed by atoms with Crippen molar-refractivity contribution in [3.05, 3.63) is 11.9 Å². The Morgan fingerprint density at radius 1 is 1.47 bits per heavy atom. The summed E-state index contributed by atoms with van der Waals surface area (Å²) in [5, 5.41) is 9.11. The minimum absolute atomic E-state index is 0.0940. The fraction of sp³-hybridized carbons (Fsp3) is 0.636. The van der Waals surface area contributed by atoms with Gasteiger partial charge in [0.1, 0.15) is 18.0 Å². The molecule has 1 aromatic heterocycles. The summed E-state index contributed by atoms with van der Waals surface area (Å²) in [5.74, 6) is 6.91. The summed E-state index contributed by atoms with van der Waals surface area (Å²) >= 11 is 0. The van der Waals surface area contributed by atoms with Crippen LogP contribution in [0, 0.1) is 0 Å². The molecule has 0 atom stereocenters. The van der Waals surface area contributed by atoms with E-state index in [4.69, 9.17) is 10.9 Å². The fourth-order valence-electron chi connectivity index (χ4n) is 1.82. The van der Waals surface area contributed by atoms with Crippen molar-refractivity contribution in [2.45, 2.75) is 33.2 Å². The zero-order chi connectivity index (χ0) is 12.8. The Labute approximate surface area is 102 Å². The Bertz CT molecular complexity index is 356. The molecule has 1 rings (SSSR count). The number of hydrazine groups is 1. The van der Waals surface area contributed by atoms with Gasteiger partial charge in [0.2, 0.25) is 0 Å². The van der Waals surface area contributed by atoms with Crippen LogP contribution in [0.3, 0.4) is 0 Å². The number of nitrogens with one attached hydrogen (secondary N) is 1. The van der Waals surface area contributed by atoms with Gasteiger partial charge in [0, 0.05) is 18.2 Å². The lowest BCUT2D eigenvalue weighted by molar-refractivity contribution is 0.298. The Hall–Kier alpha value is -1.40. The first-order valence-corrected chi connectivity index (χ1v) is 5.83. The number of hydrogen-bond acceptors (Lipinski definition) is 6. The molecule has 0 unspecified atom stereocenters. The molecule has 0 saturated carbocycles. The topological polar surface area (TPSA) is 87.3 Å². The monoisotopic (exact) mass is 239 g/mol. The van der Waals surface area contributed by atoms with E-state index in [-0.39, 0.29) is 12.6 Å². The summed E-state index contributed by atoms with van der Waals surface area (Å²) in [4.78, 5) is 10.4. The molecule has 6 heteroatoms. The minimum atomic E-state index is 0.0940. The molecule has 0 spiro atoms. The van der Waals surface area contributed by atoms with Crippen molar-refractivity contribution in [1.29, 1.82) is 0 Å². The number of aliphatic hydroxyl groups is 1. The highest BCUT2D eigenvalue weighted by atomic mass is 16.3. The fourth-order valence-corrected chi connectivity index (χ4v) is 1.82. The van der Waals surface area contributed by atoms with E-state index in [0.29, 0.717) is 12.4 Å². The Balaban J connectivity index is 3.17. The maximum atomic E-state index is 9.11. The number of aliphatic hydroxyl groups excluding tert-OH is 1. The Morgan fingerprint density at radius 3 is 2.65 bits per heavy atom. The van der Waals surface area contributed by atoms with Crippen molar-refractivity contribution in [2.75, 3.05) is 23.5 Å². The van der Waals surface area contributed by atoms with Crippen LogP contribution < -0.4 is 16.2 Å². The van der Waals surface area contributed by atoms with Gasteiger partial charge >= 0.3 is 0 Å². The van der Waals surface area contributed by atoms with Crippen LogP contribution in [0.1, 0.15) is 26.3 Å². The second-order valence-corrected chi connectivity index (χ2v) is 4.03. The van der Waals surface area contributed by atoms with Crippen molar-refractivity contribution in [1.82, 2.24) is 9.97 Å². The predicted molar refractivity (Wildman–Crippen MR) is 68.8 cm³/mol. The number of nitrogens with two attached hydrogens (primary N) is 1. The van der Waals surface area contributed by atoms with Crippen molar-refractivity contribution in [2.24, 2.45) is 5.84 Å². The zero-order valence-electron chi connectivity index (χ0n) is 10.6. The van der Waals surface area contributed by atoms with Crippen LogP contribution in [0.15, 0.2) is 6.33 Å². The SMILES string of the molecule is CCc1c(NN)ncnc1N(CCO)C(C)C. The first kappa shape index (κ1) is 13.7. The molecule has 0 bridgehead atoms. The summed E-state index contributed by atoms with van der Waals surface area (Å²) in [6.45, 7) is 6.79. The standard InChI is InChI=1S/C11H21N5O/c1-4-9-10(15-12)13-7-14-11(9)16(5-6-17)8(2)3/h7-8,17H,4-6,12H2,1-3H3,(H,13,14,15). The molecule has 0 aliphatic heterocycles. The molecule has 0 saturated heterocycles. The van der Waals surface area contributed by atoms with Gasteiger partial charge < -0.3 is 15.4 Å². The molecule has 0 aliphatic rings. The first-order valence-electron chi connectivity index (χ1n) is 5.83. The number of hydrogen-bond donors (Lipinski definition) is 3. The second kappa shape index (κ2) is 6.36. The minimum Gasteiger partial charge on any atom is -0.395 e. The van der Waals surface area contributed by atoms with Gasteiger partial charge in [-0.2, -0.15) is 0 Å². The maximum absolute atomic E-state index is 9.11. The molecule has 0 radical (unpaired) electrons. The first-order chi connectivity index (χ1) is 8.15. The zero-order valence-corrected chi connectivity index (χ0v) is 10.6. The summed E-state index contributed by atoms with van der Waals surface area (Å²) < 4.78 is 0. The van der Waals surface area contributed by atoms with Crippen LogP contribution in [-0.4, -0.2) is 34.3 Å². The van der Waals surface area contributed by atoms with Gasteiger partial charge in [-0.25, -0.2) is 15.8 Å². The summed E-state index contributed by atoms with van der Waals surface area (Å²) in [5.41, 5.74) is 3.55.